The Morgan fingerprint density at radius 1 is 1.18 bits per heavy atom. The molecule has 0 fully saturated rings. The van der Waals surface area contributed by atoms with Gasteiger partial charge in [0.05, 0.1) is 6.42 Å². The van der Waals surface area contributed by atoms with Crippen molar-refractivity contribution in [2.24, 2.45) is 0 Å². The van der Waals surface area contributed by atoms with Gasteiger partial charge in [0.2, 0.25) is 0 Å². The average Bonchev–Trinajstić information content (AvgIpc) is 2.35. The van der Waals surface area contributed by atoms with E-state index in [0.717, 1.165) is 5.69 Å². The predicted molar refractivity (Wildman–Crippen MR) is 65.1 cm³/mol. The van der Waals surface area contributed by atoms with Crippen LogP contribution >= 0.6 is 0 Å². The van der Waals surface area contributed by atoms with Crippen LogP contribution in [0.15, 0.2) is 30.3 Å². The molecular formula is C12H16N2O3. The molecule has 0 unspecified atom stereocenters. The van der Waals surface area contributed by atoms with E-state index in [1.807, 2.05) is 30.3 Å². The van der Waals surface area contributed by atoms with E-state index in [2.05, 4.69) is 0 Å². The van der Waals surface area contributed by atoms with Gasteiger partial charge in [-0.25, -0.2) is 4.79 Å². The Morgan fingerprint density at radius 3 is 2.29 bits per heavy atom. The standard InChI is InChI=1S/C12H16N2O3/c1-13(9-8-11(15)16)12(17)14(2)10-6-4-3-5-7-10/h3-7H,8-9H2,1-2H3,(H,15,16). The van der Waals surface area contributed by atoms with Gasteiger partial charge in [-0.3, -0.25) is 9.69 Å². The van der Waals surface area contributed by atoms with Crippen LogP contribution in [0.5, 0.6) is 0 Å². The molecule has 0 spiro atoms. The molecule has 1 N–H and O–H groups in total. The normalized spacial score (nSPS) is 9.76. The second-order valence-electron chi connectivity index (χ2n) is 3.74. The lowest BCUT2D eigenvalue weighted by Gasteiger charge is -2.24. The van der Waals surface area contributed by atoms with Crippen LogP contribution in [0.2, 0.25) is 0 Å². The lowest BCUT2D eigenvalue weighted by Crippen LogP contribution is -2.39. The second-order valence-corrected chi connectivity index (χ2v) is 3.74. The summed E-state index contributed by atoms with van der Waals surface area (Å²) in [5.41, 5.74) is 0.777. The molecule has 0 atom stereocenters. The highest BCUT2D eigenvalue weighted by atomic mass is 16.4. The number of nitrogens with zero attached hydrogens (tertiary/aromatic N) is 2. The third kappa shape index (κ3) is 3.79. The summed E-state index contributed by atoms with van der Waals surface area (Å²) in [6, 6.07) is 8.98. The predicted octanol–water partition coefficient (Wildman–Crippen LogP) is 1.65. The zero-order valence-corrected chi connectivity index (χ0v) is 9.96. The van der Waals surface area contributed by atoms with Gasteiger partial charge in [-0.1, -0.05) is 18.2 Å². The lowest BCUT2D eigenvalue weighted by atomic mass is 10.3. The number of hydrogen-bond acceptors (Lipinski definition) is 2. The highest BCUT2D eigenvalue weighted by Gasteiger charge is 2.15. The van der Waals surface area contributed by atoms with Gasteiger partial charge in [0, 0.05) is 26.3 Å². The molecule has 0 radical (unpaired) electrons. The Hall–Kier alpha value is -2.04. The SMILES string of the molecule is CN(CCC(=O)O)C(=O)N(C)c1ccccc1. The van der Waals surface area contributed by atoms with Crippen LogP contribution in [-0.2, 0) is 4.79 Å². The van der Waals surface area contributed by atoms with Gasteiger partial charge in [-0.05, 0) is 12.1 Å². The fourth-order valence-electron chi connectivity index (χ4n) is 1.38. The second kappa shape index (κ2) is 5.89. The van der Waals surface area contributed by atoms with Crippen molar-refractivity contribution in [3.8, 4) is 0 Å². The van der Waals surface area contributed by atoms with E-state index >= 15 is 0 Å². The first-order chi connectivity index (χ1) is 8.02. The van der Waals surface area contributed by atoms with Crippen molar-refractivity contribution in [2.75, 3.05) is 25.5 Å². The van der Waals surface area contributed by atoms with Crippen molar-refractivity contribution < 1.29 is 14.7 Å². The van der Waals surface area contributed by atoms with Crippen molar-refractivity contribution in [3.05, 3.63) is 30.3 Å². The number of benzene rings is 1. The van der Waals surface area contributed by atoms with Crippen LogP contribution in [0.4, 0.5) is 10.5 Å². The largest absolute Gasteiger partial charge is 0.481 e. The summed E-state index contributed by atoms with van der Waals surface area (Å²) in [7, 11) is 3.25. The Morgan fingerprint density at radius 2 is 1.76 bits per heavy atom. The maximum Gasteiger partial charge on any atom is 0.323 e. The van der Waals surface area contributed by atoms with E-state index in [-0.39, 0.29) is 19.0 Å². The maximum absolute atomic E-state index is 11.9. The van der Waals surface area contributed by atoms with Crippen LogP contribution in [0.3, 0.4) is 0 Å². The molecule has 5 nitrogen and oxygen atoms in total. The van der Waals surface area contributed by atoms with Gasteiger partial charge in [-0.15, -0.1) is 0 Å². The van der Waals surface area contributed by atoms with Crippen LogP contribution in [0, 0.1) is 0 Å². The third-order valence-corrected chi connectivity index (χ3v) is 2.42. The van der Waals surface area contributed by atoms with Gasteiger partial charge in [0.15, 0.2) is 0 Å². The van der Waals surface area contributed by atoms with Gasteiger partial charge in [-0.2, -0.15) is 0 Å². The number of aliphatic carboxylic acids is 1. The minimum Gasteiger partial charge on any atom is -0.481 e. The van der Waals surface area contributed by atoms with Crippen LogP contribution in [0.1, 0.15) is 6.42 Å². The van der Waals surface area contributed by atoms with Crippen molar-refractivity contribution in [3.63, 3.8) is 0 Å². The van der Waals surface area contributed by atoms with Crippen LogP contribution in [-0.4, -0.2) is 42.6 Å². The molecule has 0 aliphatic rings. The van der Waals surface area contributed by atoms with Crippen LogP contribution in [0.25, 0.3) is 0 Å². The summed E-state index contributed by atoms with van der Waals surface area (Å²) < 4.78 is 0. The van der Waals surface area contributed by atoms with Crippen molar-refractivity contribution in [2.45, 2.75) is 6.42 Å². The molecule has 2 amide bonds. The molecule has 0 heterocycles. The summed E-state index contributed by atoms with van der Waals surface area (Å²) >= 11 is 0. The Labute approximate surface area is 100 Å². The number of carbonyl (C=O) groups is 2. The summed E-state index contributed by atoms with van der Waals surface area (Å²) in [5, 5.41) is 8.55. The first-order valence-electron chi connectivity index (χ1n) is 5.28. The number of para-hydroxylation sites is 1. The number of rotatable bonds is 4. The fraction of sp³-hybridized carbons (Fsp3) is 0.333. The summed E-state index contributed by atoms with van der Waals surface area (Å²) in [4.78, 5) is 25.2. The number of anilines is 1. The highest BCUT2D eigenvalue weighted by molar-refractivity contribution is 5.91. The number of carboxylic acids is 1. The quantitative estimate of drug-likeness (QED) is 0.864. The number of urea groups is 1. The minimum atomic E-state index is -0.910. The van der Waals surface area contributed by atoms with Crippen LogP contribution < -0.4 is 4.90 Å². The van der Waals surface area contributed by atoms with Crippen molar-refractivity contribution in [1.29, 1.82) is 0 Å². The van der Waals surface area contributed by atoms with E-state index in [1.165, 1.54) is 9.80 Å². The number of hydrogen-bond donors (Lipinski definition) is 1. The highest BCUT2D eigenvalue weighted by Crippen LogP contribution is 2.12. The van der Waals surface area contributed by atoms with Gasteiger partial charge in [0.1, 0.15) is 0 Å². The lowest BCUT2D eigenvalue weighted by molar-refractivity contribution is -0.137. The van der Waals surface area contributed by atoms with E-state index < -0.39 is 5.97 Å². The first kappa shape index (κ1) is 13.0. The molecule has 1 rings (SSSR count). The molecule has 5 heteroatoms. The molecule has 0 aliphatic heterocycles. The van der Waals surface area contributed by atoms with E-state index in [4.69, 9.17) is 5.11 Å². The first-order valence-corrected chi connectivity index (χ1v) is 5.28. The topological polar surface area (TPSA) is 60.9 Å². The van der Waals surface area contributed by atoms with E-state index in [9.17, 15) is 9.59 Å². The van der Waals surface area contributed by atoms with Gasteiger partial charge >= 0.3 is 12.0 Å². The van der Waals surface area contributed by atoms with Gasteiger partial charge in [0.25, 0.3) is 0 Å². The molecule has 0 bridgehead atoms. The summed E-state index contributed by atoms with van der Waals surface area (Å²) in [5.74, 6) is -0.910. The smallest absolute Gasteiger partial charge is 0.323 e. The molecule has 17 heavy (non-hydrogen) atoms. The summed E-state index contributed by atoms with van der Waals surface area (Å²) in [6.45, 7) is 0.200. The fourth-order valence-corrected chi connectivity index (χ4v) is 1.38. The third-order valence-electron chi connectivity index (χ3n) is 2.42. The number of amides is 2. The molecule has 0 aromatic heterocycles. The molecular weight excluding hydrogens is 220 g/mol. The Balaban J connectivity index is 2.60. The number of carbonyl (C=O) groups excluding carboxylic acids is 1. The average molecular weight is 236 g/mol. The zero-order chi connectivity index (χ0) is 12.8. The van der Waals surface area contributed by atoms with Crippen molar-refractivity contribution >= 4 is 17.7 Å². The zero-order valence-electron chi connectivity index (χ0n) is 9.96. The monoisotopic (exact) mass is 236 g/mol. The molecule has 1 aromatic carbocycles. The Bertz CT molecular complexity index is 392. The van der Waals surface area contributed by atoms with Crippen molar-refractivity contribution in [1.82, 2.24) is 4.90 Å². The number of carboxylic acid groups (broad SMARTS) is 1. The van der Waals surface area contributed by atoms with E-state index in [1.54, 1.807) is 14.1 Å². The van der Waals surface area contributed by atoms with E-state index in [0.29, 0.717) is 0 Å². The van der Waals surface area contributed by atoms with Gasteiger partial charge < -0.3 is 10.0 Å². The maximum atomic E-state index is 11.9. The minimum absolute atomic E-state index is 0.0507. The molecule has 0 saturated carbocycles. The molecule has 0 aliphatic carbocycles. The summed E-state index contributed by atoms with van der Waals surface area (Å²) in [6.07, 6.45) is -0.0507. The molecule has 92 valence electrons. The Kier molecular flexibility index (Phi) is 4.51. The molecule has 0 saturated heterocycles. The molecule has 1 aromatic rings.